The summed E-state index contributed by atoms with van der Waals surface area (Å²) in [6.07, 6.45) is 1.00. The number of benzene rings is 6. The molecule has 0 amide bonds. The Bertz CT molecular complexity index is 2370. The lowest BCUT2D eigenvalue weighted by Crippen LogP contribution is -2.18. The van der Waals surface area contributed by atoms with Crippen molar-refractivity contribution >= 4 is 65.4 Å². The summed E-state index contributed by atoms with van der Waals surface area (Å²) in [5.41, 5.74) is 15.0. The van der Waals surface area contributed by atoms with Gasteiger partial charge >= 0.3 is 0 Å². The van der Waals surface area contributed by atoms with Crippen LogP contribution in [0, 0.1) is 0 Å². The summed E-state index contributed by atoms with van der Waals surface area (Å²) in [6, 6.07) is 24.5. The quantitative estimate of drug-likeness (QED) is 0.160. The van der Waals surface area contributed by atoms with E-state index >= 15 is 0 Å². The molecule has 6 aromatic rings. The summed E-state index contributed by atoms with van der Waals surface area (Å²) in [5.74, 6) is 0. The standard InChI is InChI=1S/C47H48/c1-44(2,3)34-20-30-28-19-29-31-21-35(45(4,5)6)25-16-14-18-27-37(47(10,11)12)23-33(43(31)39(25)27)41(29)40(28)32-22-36(46(7,8)9)26-17-13-15-24(34)38(26)42(30)32/h13-18,20-23H,19H2,1-12H3. The van der Waals surface area contributed by atoms with Crippen molar-refractivity contribution in [3.8, 4) is 0 Å². The molecule has 3 aliphatic rings. The van der Waals surface area contributed by atoms with Gasteiger partial charge in [0.25, 0.3) is 0 Å². The van der Waals surface area contributed by atoms with E-state index in [-0.39, 0.29) is 21.7 Å². The Morgan fingerprint density at radius 1 is 0.383 bits per heavy atom. The molecule has 0 aromatic heterocycles. The lowest BCUT2D eigenvalue weighted by atomic mass is 9.76. The van der Waals surface area contributed by atoms with Gasteiger partial charge in [-0.05, 0) is 162 Å². The minimum atomic E-state index is 0.0264. The fraction of sp³-hybridized carbons (Fsp3) is 0.362. The van der Waals surface area contributed by atoms with Gasteiger partial charge in [0.2, 0.25) is 0 Å². The fourth-order valence-electron chi connectivity index (χ4n) is 9.61. The van der Waals surface area contributed by atoms with E-state index in [2.05, 4.69) is 144 Å². The van der Waals surface area contributed by atoms with E-state index in [1.165, 1.54) is 98.1 Å². The first kappa shape index (κ1) is 29.3. The zero-order chi connectivity index (χ0) is 33.3. The van der Waals surface area contributed by atoms with E-state index < -0.39 is 0 Å². The van der Waals surface area contributed by atoms with Crippen LogP contribution in [0.1, 0.15) is 123 Å². The monoisotopic (exact) mass is 612 g/mol. The smallest absolute Gasteiger partial charge is 0.0000642 e. The zero-order valence-corrected chi connectivity index (χ0v) is 30.5. The molecule has 0 spiro atoms. The van der Waals surface area contributed by atoms with Crippen molar-refractivity contribution in [2.24, 2.45) is 0 Å². The number of fused-ring (bicyclic) bond motifs is 4. The van der Waals surface area contributed by atoms with Crippen LogP contribution in [-0.4, -0.2) is 0 Å². The molecular weight excluding hydrogens is 565 g/mol. The van der Waals surface area contributed by atoms with E-state index in [1.807, 2.05) is 0 Å². The Balaban J connectivity index is 1.53. The van der Waals surface area contributed by atoms with Crippen LogP contribution in [0.15, 0.2) is 60.7 Å². The number of allylic oxidation sites excluding steroid dienone is 2. The topological polar surface area (TPSA) is 0 Å². The van der Waals surface area contributed by atoms with Gasteiger partial charge in [0.05, 0.1) is 0 Å². The van der Waals surface area contributed by atoms with Crippen molar-refractivity contribution in [1.82, 2.24) is 0 Å². The third-order valence-electron chi connectivity index (χ3n) is 11.6. The molecule has 0 aliphatic heterocycles. The van der Waals surface area contributed by atoms with Crippen LogP contribution in [0.3, 0.4) is 0 Å². The highest BCUT2D eigenvalue weighted by Crippen LogP contribution is 2.57. The maximum absolute atomic E-state index is 2.60. The van der Waals surface area contributed by atoms with E-state index in [1.54, 1.807) is 11.1 Å². The highest BCUT2D eigenvalue weighted by Gasteiger charge is 2.40. The average Bonchev–Trinajstić information content (AvgIpc) is 3.59. The van der Waals surface area contributed by atoms with Gasteiger partial charge in [-0.3, -0.25) is 0 Å². The first-order valence-corrected chi connectivity index (χ1v) is 17.8. The van der Waals surface area contributed by atoms with Gasteiger partial charge in [0.1, 0.15) is 0 Å². The van der Waals surface area contributed by atoms with Crippen LogP contribution < -0.4 is 10.4 Å². The first-order chi connectivity index (χ1) is 21.9. The highest BCUT2D eigenvalue weighted by molar-refractivity contribution is 6.39. The Morgan fingerprint density at radius 3 is 0.979 bits per heavy atom. The summed E-state index contributed by atoms with van der Waals surface area (Å²) < 4.78 is 0. The Morgan fingerprint density at radius 2 is 0.681 bits per heavy atom. The summed E-state index contributed by atoms with van der Waals surface area (Å²) in [5, 5.41) is 14.6. The van der Waals surface area contributed by atoms with E-state index in [9.17, 15) is 0 Å². The van der Waals surface area contributed by atoms with Gasteiger partial charge in [-0.1, -0.05) is 119 Å². The fourth-order valence-corrected chi connectivity index (χ4v) is 9.61. The molecule has 0 nitrogen and oxygen atoms in total. The van der Waals surface area contributed by atoms with Crippen LogP contribution in [0.4, 0.5) is 0 Å². The first-order valence-electron chi connectivity index (χ1n) is 17.8. The minimum Gasteiger partial charge on any atom is -0.0610 e. The van der Waals surface area contributed by atoms with Crippen molar-refractivity contribution in [1.29, 1.82) is 0 Å². The summed E-state index contributed by atoms with van der Waals surface area (Å²) in [7, 11) is 0. The Labute approximate surface area is 280 Å². The second-order valence-electron chi connectivity index (χ2n) is 19.0. The van der Waals surface area contributed by atoms with Crippen molar-refractivity contribution in [3.05, 3.63) is 104 Å². The Kier molecular flexibility index (Phi) is 5.33. The maximum Gasteiger partial charge on any atom is -0.0000642 e. The minimum absolute atomic E-state index is 0.0264. The molecule has 0 bridgehead atoms. The summed E-state index contributed by atoms with van der Waals surface area (Å²) >= 11 is 0. The van der Waals surface area contributed by atoms with Crippen molar-refractivity contribution < 1.29 is 0 Å². The molecule has 0 radical (unpaired) electrons. The van der Waals surface area contributed by atoms with Crippen LogP contribution in [0.2, 0.25) is 0 Å². The van der Waals surface area contributed by atoms with Gasteiger partial charge < -0.3 is 0 Å². The van der Waals surface area contributed by atoms with Crippen LogP contribution >= 0.6 is 0 Å². The normalized spacial score (nSPS) is 16.3. The molecule has 0 saturated heterocycles. The molecule has 0 heterocycles. The SMILES string of the molecule is CC(C)(C)c1cc2c3c(cc(C(C)(C)C)c4cccc1c43)=C1CC3=c4cc(C(C)(C)C)c5cccc6c(C(C)(C)C)cc(c4c65)C3=C12. The largest absolute Gasteiger partial charge is 0.0610 e. The van der Waals surface area contributed by atoms with E-state index in [0.717, 1.165) is 6.42 Å². The molecular formula is C47H48. The van der Waals surface area contributed by atoms with E-state index in [4.69, 9.17) is 0 Å². The van der Waals surface area contributed by atoms with Gasteiger partial charge in [-0.25, -0.2) is 0 Å². The molecule has 236 valence electrons. The maximum atomic E-state index is 2.60. The molecule has 47 heavy (non-hydrogen) atoms. The molecule has 0 saturated carbocycles. The van der Waals surface area contributed by atoms with Gasteiger partial charge in [0.15, 0.2) is 0 Å². The van der Waals surface area contributed by atoms with Crippen molar-refractivity contribution in [3.63, 3.8) is 0 Å². The van der Waals surface area contributed by atoms with Crippen molar-refractivity contribution in [2.75, 3.05) is 0 Å². The molecule has 3 aliphatic carbocycles. The van der Waals surface area contributed by atoms with Crippen molar-refractivity contribution in [2.45, 2.75) is 111 Å². The van der Waals surface area contributed by atoms with Crippen LogP contribution in [-0.2, 0) is 21.7 Å². The summed E-state index contributed by atoms with van der Waals surface area (Å²) in [4.78, 5) is 0. The van der Waals surface area contributed by atoms with Crippen LogP contribution in [0.25, 0.3) is 65.4 Å². The molecule has 0 fully saturated rings. The van der Waals surface area contributed by atoms with Gasteiger partial charge in [0, 0.05) is 0 Å². The predicted molar refractivity (Wildman–Crippen MR) is 206 cm³/mol. The number of rotatable bonds is 0. The number of hydrogen-bond donors (Lipinski definition) is 0. The lowest BCUT2D eigenvalue weighted by Gasteiger charge is -2.27. The lowest BCUT2D eigenvalue weighted by molar-refractivity contribution is 0.594. The van der Waals surface area contributed by atoms with Gasteiger partial charge in [-0.2, -0.15) is 0 Å². The van der Waals surface area contributed by atoms with Crippen LogP contribution in [0.5, 0.6) is 0 Å². The molecule has 9 rings (SSSR count). The zero-order valence-electron chi connectivity index (χ0n) is 30.5. The molecule has 6 aromatic carbocycles. The predicted octanol–water partition coefficient (Wildman–Crippen LogP) is 11.6. The molecule has 0 unspecified atom stereocenters. The second kappa shape index (κ2) is 8.57. The number of hydrogen-bond acceptors (Lipinski definition) is 0. The molecule has 0 N–H and O–H groups in total. The average molecular weight is 613 g/mol. The third kappa shape index (κ3) is 3.65. The summed E-state index contributed by atoms with van der Waals surface area (Å²) in [6.45, 7) is 28.7. The third-order valence-corrected chi connectivity index (χ3v) is 11.6. The highest BCUT2D eigenvalue weighted by atomic mass is 14.4. The van der Waals surface area contributed by atoms with Gasteiger partial charge in [-0.15, -0.1) is 0 Å². The van der Waals surface area contributed by atoms with E-state index in [0.29, 0.717) is 0 Å². The molecule has 0 atom stereocenters. The molecule has 0 heteroatoms. The second-order valence-corrected chi connectivity index (χ2v) is 19.0. The Hall–Kier alpha value is -3.90.